The van der Waals surface area contributed by atoms with E-state index < -0.39 is 0 Å². The van der Waals surface area contributed by atoms with E-state index in [1.807, 2.05) is 42.5 Å². The van der Waals surface area contributed by atoms with E-state index in [-0.39, 0.29) is 31.4 Å². The van der Waals surface area contributed by atoms with Gasteiger partial charge in [0.15, 0.2) is 23.9 Å². The van der Waals surface area contributed by atoms with Gasteiger partial charge in [-0.1, -0.05) is 30.3 Å². The fourth-order valence-corrected chi connectivity index (χ4v) is 3.77. The summed E-state index contributed by atoms with van der Waals surface area (Å²) >= 11 is 0. The number of aromatic nitrogens is 4. The number of amides is 1. The molecule has 0 fully saturated rings. The molecule has 0 aliphatic carbocycles. The molecule has 10 heteroatoms. The van der Waals surface area contributed by atoms with Crippen LogP contribution >= 0.6 is 0 Å². The first-order valence-corrected chi connectivity index (χ1v) is 12.2. The molecule has 5 aromatic rings. The van der Waals surface area contributed by atoms with E-state index in [2.05, 4.69) is 20.6 Å². The molecule has 0 saturated carbocycles. The van der Waals surface area contributed by atoms with Gasteiger partial charge in [0.05, 0.1) is 13.7 Å². The molecule has 0 aliphatic heterocycles. The number of nitrogens with zero attached hydrogens (tertiary/aromatic N) is 4. The number of ether oxygens (including phenoxy) is 3. The molecular weight excluding hydrogens is 498 g/mol. The average Bonchev–Trinajstić information content (AvgIpc) is 3.42. The molecule has 1 amide bonds. The highest BCUT2D eigenvalue weighted by Crippen LogP contribution is 2.22. The van der Waals surface area contributed by atoms with Gasteiger partial charge in [0.1, 0.15) is 18.1 Å². The minimum Gasteiger partial charge on any atom is -0.497 e. The van der Waals surface area contributed by atoms with Crippen molar-refractivity contribution in [3.63, 3.8) is 0 Å². The monoisotopic (exact) mass is 523 g/mol. The van der Waals surface area contributed by atoms with Crippen LogP contribution in [0.15, 0.2) is 91.0 Å². The molecule has 39 heavy (non-hydrogen) atoms. The first kappa shape index (κ1) is 25.4. The minimum atomic E-state index is -0.299. The second-order valence-corrected chi connectivity index (χ2v) is 8.40. The third-order valence-electron chi connectivity index (χ3n) is 5.78. The molecule has 0 bridgehead atoms. The lowest BCUT2D eigenvalue weighted by Gasteiger charge is -2.09. The van der Waals surface area contributed by atoms with Crippen LogP contribution < -0.4 is 19.5 Å². The van der Waals surface area contributed by atoms with Crippen molar-refractivity contribution in [3.05, 3.63) is 102 Å². The van der Waals surface area contributed by atoms with Gasteiger partial charge in [0, 0.05) is 22.8 Å². The Balaban J connectivity index is 1.08. The van der Waals surface area contributed by atoms with Crippen LogP contribution in [0, 0.1) is 0 Å². The lowest BCUT2D eigenvalue weighted by Crippen LogP contribution is -2.32. The maximum Gasteiger partial charge on any atom is 0.258 e. The van der Waals surface area contributed by atoms with Crippen LogP contribution in [-0.4, -0.2) is 58.4 Å². The molecule has 196 valence electrons. The number of rotatable bonds is 11. The molecule has 2 aromatic heterocycles. The van der Waals surface area contributed by atoms with Crippen molar-refractivity contribution in [1.82, 2.24) is 25.1 Å². The van der Waals surface area contributed by atoms with Crippen LogP contribution in [0.3, 0.4) is 0 Å². The third kappa shape index (κ3) is 6.19. The number of carbonyl (C=O) groups is 2. The highest BCUT2D eigenvalue weighted by Gasteiger charge is 2.12. The Morgan fingerprint density at radius 3 is 2.26 bits per heavy atom. The number of hydrogen-bond donors (Lipinski definition) is 1. The molecule has 0 unspecified atom stereocenters. The molecule has 0 atom stereocenters. The lowest BCUT2D eigenvalue weighted by molar-refractivity contribution is -0.123. The van der Waals surface area contributed by atoms with Gasteiger partial charge in [0.25, 0.3) is 5.91 Å². The van der Waals surface area contributed by atoms with Crippen LogP contribution in [0.2, 0.25) is 0 Å². The number of carbonyl (C=O) groups excluding carboxylic acids is 2. The lowest BCUT2D eigenvalue weighted by atomic mass is 10.0. The molecule has 0 aliphatic rings. The Kier molecular flexibility index (Phi) is 7.73. The summed E-state index contributed by atoms with van der Waals surface area (Å²) in [6.07, 6.45) is 0. The van der Waals surface area contributed by atoms with E-state index in [1.54, 1.807) is 60.2 Å². The molecule has 3 aromatic carbocycles. The number of nitrogens with one attached hydrogen (secondary N) is 1. The summed E-state index contributed by atoms with van der Waals surface area (Å²) in [4.78, 5) is 24.7. The van der Waals surface area contributed by atoms with E-state index in [9.17, 15) is 9.59 Å². The van der Waals surface area contributed by atoms with Crippen LogP contribution in [0.25, 0.3) is 17.0 Å². The third-order valence-corrected chi connectivity index (χ3v) is 5.78. The standard InChI is InChI=1S/C29H25N5O5/c1-37-23-11-9-22(10-12-23)29-32-31-25-15-16-27(33-34(25)29)38-18-17-30-26(35)19-39-24-13-7-21(8-14-24)28(36)20-5-3-2-4-6-20/h2-16H,17-19H2,1H3,(H,30,35). The van der Waals surface area contributed by atoms with Crippen molar-refractivity contribution in [2.24, 2.45) is 0 Å². The largest absolute Gasteiger partial charge is 0.497 e. The van der Waals surface area contributed by atoms with Crippen LogP contribution in [0.1, 0.15) is 15.9 Å². The molecular formula is C29H25N5O5. The number of methoxy groups -OCH3 is 1. The number of ketones is 1. The summed E-state index contributed by atoms with van der Waals surface area (Å²) in [5.74, 6) is 1.80. The summed E-state index contributed by atoms with van der Waals surface area (Å²) in [5, 5.41) is 15.6. The Morgan fingerprint density at radius 2 is 1.51 bits per heavy atom. The fraction of sp³-hybridized carbons (Fsp3) is 0.138. The van der Waals surface area contributed by atoms with Crippen molar-refractivity contribution in [2.45, 2.75) is 0 Å². The Bertz CT molecular complexity index is 1570. The quantitative estimate of drug-likeness (QED) is 0.206. The van der Waals surface area contributed by atoms with Crippen molar-refractivity contribution in [2.75, 3.05) is 26.9 Å². The second-order valence-electron chi connectivity index (χ2n) is 8.40. The Hall–Kier alpha value is -5.25. The highest BCUT2D eigenvalue weighted by molar-refractivity contribution is 6.09. The first-order valence-electron chi connectivity index (χ1n) is 12.2. The summed E-state index contributed by atoms with van der Waals surface area (Å²) in [7, 11) is 1.61. The molecule has 0 saturated heterocycles. The average molecular weight is 524 g/mol. The molecule has 2 heterocycles. The van der Waals surface area contributed by atoms with Gasteiger partial charge in [-0.05, 0) is 54.6 Å². The van der Waals surface area contributed by atoms with Gasteiger partial charge < -0.3 is 19.5 Å². The van der Waals surface area contributed by atoms with Gasteiger partial charge in [0.2, 0.25) is 5.88 Å². The summed E-state index contributed by atoms with van der Waals surface area (Å²) in [6, 6.07) is 26.6. The Morgan fingerprint density at radius 1 is 0.795 bits per heavy atom. The number of fused-ring (bicyclic) bond motifs is 1. The van der Waals surface area contributed by atoms with E-state index in [0.29, 0.717) is 34.2 Å². The van der Waals surface area contributed by atoms with E-state index in [4.69, 9.17) is 14.2 Å². The van der Waals surface area contributed by atoms with E-state index in [0.717, 1.165) is 11.3 Å². The number of hydrogen-bond acceptors (Lipinski definition) is 8. The topological polar surface area (TPSA) is 117 Å². The predicted molar refractivity (Wildman–Crippen MR) is 143 cm³/mol. The van der Waals surface area contributed by atoms with Gasteiger partial charge in [-0.2, -0.15) is 4.52 Å². The van der Waals surface area contributed by atoms with Gasteiger partial charge in [-0.25, -0.2) is 0 Å². The smallest absolute Gasteiger partial charge is 0.258 e. The van der Waals surface area contributed by atoms with Crippen molar-refractivity contribution >= 4 is 17.3 Å². The summed E-state index contributed by atoms with van der Waals surface area (Å²) in [6.45, 7) is 0.308. The zero-order chi connectivity index (χ0) is 27.0. The molecule has 1 N–H and O–H groups in total. The maximum absolute atomic E-state index is 12.5. The van der Waals surface area contributed by atoms with Gasteiger partial charge in [-0.3, -0.25) is 9.59 Å². The Labute approximate surface area is 224 Å². The van der Waals surface area contributed by atoms with Crippen LogP contribution in [0.4, 0.5) is 0 Å². The SMILES string of the molecule is COc1ccc(-c2nnc3ccc(OCCNC(=O)COc4ccc(C(=O)c5ccccc5)cc4)nn23)cc1. The van der Waals surface area contributed by atoms with E-state index >= 15 is 0 Å². The van der Waals surface area contributed by atoms with Crippen molar-refractivity contribution in [3.8, 4) is 28.8 Å². The summed E-state index contributed by atoms with van der Waals surface area (Å²) in [5.41, 5.74) is 2.57. The molecule has 10 nitrogen and oxygen atoms in total. The van der Waals surface area contributed by atoms with Gasteiger partial charge >= 0.3 is 0 Å². The molecule has 0 spiro atoms. The summed E-state index contributed by atoms with van der Waals surface area (Å²) < 4.78 is 18.0. The highest BCUT2D eigenvalue weighted by atomic mass is 16.5. The van der Waals surface area contributed by atoms with Crippen LogP contribution in [-0.2, 0) is 4.79 Å². The zero-order valence-corrected chi connectivity index (χ0v) is 21.1. The van der Waals surface area contributed by atoms with Crippen LogP contribution in [0.5, 0.6) is 17.4 Å². The van der Waals surface area contributed by atoms with Gasteiger partial charge in [-0.15, -0.1) is 15.3 Å². The zero-order valence-electron chi connectivity index (χ0n) is 21.1. The number of benzene rings is 3. The minimum absolute atomic E-state index is 0.0743. The van der Waals surface area contributed by atoms with Crippen molar-refractivity contribution < 1.29 is 23.8 Å². The predicted octanol–water partition coefficient (Wildman–Crippen LogP) is 3.60. The van der Waals surface area contributed by atoms with Crippen molar-refractivity contribution in [1.29, 1.82) is 0 Å². The second kappa shape index (κ2) is 11.9. The normalized spacial score (nSPS) is 10.7. The van der Waals surface area contributed by atoms with E-state index in [1.165, 1.54) is 0 Å². The first-order chi connectivity index (χ1) is 19.1. The molecule has 0 radical (unpaired) electrons. The molecule has 5 rings (SSSR count). The fourth-order valence-electron chi connectivity index (χ4n) is 3.77. The maximum atomic E-state index is 12.5.